The first-order chi connectivity index (χ1) is 8.97. The molecule has 0 aliphatic rings. The Balaban J connectivity index is 2.25. The summed E-state index contributed by atoms with van der Waals surface area (Å²) in [7, 11) is 0. The van der Waals surface area contributed by atoms with Crippen LogP contribution >= 0.6 is 34.8 Å². The van der Waals surface area contributed by atoms with Gasteiger partial charge in [0.2, 0.25) is 5.95 Å². The number of anilines is 2. The lowest BCUT2D eigenvalue weighted by molar-refractivity contribution is 0.102. The fourth-order valence-corrected chi connectivity index (χ4v) is 1.78. The van der Waals surface area contributed by atoms with Crippen molar-refractivity contribution in [3.05, 3.63) is 45.2 Å². The van der Waals surface area contributed by atoms with Crippen LogP contribution in [0.25, 0.3) is 0 Å². The van der Waals surface area contributed by atoms with E-state index in [2.05, 4.69) is 15.3 Å². The maximum Gasteiger partial charge on any atom is 0.258 e. The van der Waals surface area contributed by atoms with Crippen LogP contribution < -0.4 is 11.1 Å². The first-order valence-electron chi connectivity index (χ1n) is 5.02. The predicted octanol–water partition coefficient (Wildman–Crippen LogP) is 3.27. The molecule has 0 aliphatic carbocycles. The van der Waals surface area contributed by atoms with Crippen LogP contribution in [-0.2, 0) is 0 Å². The van der Waals surface area contributed by atoms with Crippen molar-refractivity contribution in [2.75, 3.05) is 11.1 Å². The summed E-state index contributed by atoms with van der Waals surface area (Å²) in [5.74, 6) is -0.380. The summed E-state index contributed by atoms with van der Waals surface area (Å²) >= 11 is 17.3. The van der Waals surface area contributed by atoms with Crippen molar-refractivity contribution in [1.82, 2.24) is 9.97 Å². The zero-order valence-electron chi connectivity index (χ0n) is 9.32. The van der Waals surface area contributed by atoms with Crippen molar-refractivity contribution in [3.63, 3.8) is 0 Å². The highest BCUT2D eigenvalue weighted by Crippen LogP contribution is 2.29. The predicted molar refractivity (Wildman–Crippen MR) is 75.9 cm³/mol. The quantitative estimate of drug-likeness (QED) is 0.658. The standard InChI is InChI=1S/C11H7Cl3N4O/c12-6-3-5(4-7(15)9(6)14)10(19)18-11-16-2-1-8(13)17-11/h1-4H,15H2,(H,16,17,18,19). The van der Waals surface area contributed by atoms with Gasteiger partial charge in [-0.1, -0.05) is 34.8 Å². The summed E-state index contributed by atoms with van der Waals surface area (Å²) in [6.07, 6.45) is 1.42. The molecule has 0 fully saturated rings. The van der Waals surface area contributed by atoms with E-state index >= 15 is 0 Å². The average Bonchev–Trinajstić information content (AvgIpc) is 2.35. The van der Waals surface area contributed by atoms with Crippen molar-refractivity contribution in [1.29, 1.82) is 0 Å². The normalized spacial score (nSPS) is 10.3. The highest BCUT2D eigenvalue weighted by Gasteiger charge is 2.12. The molecule has 0 aliphatic heterocycles. The molecule has 0 spiro atoms. The van der Waals surface area contributed by atoms with Crippen LogP contribution in [-0.4, -0.2) is 15.9 Å². The lowest BCUT2D eigenvalue weighted by Gasteiger charge is -2.06. The first-order valence-corrected chi connectivity index (χ1v) is 6.15. The van der Waals surface area contributed by atoms with Crippen molar-refractivity contribution in [2.45, 2.75) is 0 Å². The van der Waals surface area contributed by atoms with Gasteiger partial charge in [0.15, 0.2) is 0 Å². The van der Waals surface area contributed by atoms with E-state index in [0.717, 1.165) is 0 Å². The fourth-order valence-electron chi connectivity index (χ4n) is 1.31. The Morgan fingerprint density at radius 1 is 1.26 bits per heavy atom. The van der Waals surface area contributed by atoms with E-state index in [4.69, 9.17) is 40.5 Å². The second kappa shape index (κ2) is 5.61. The minimum Gasteiger partial charge on any atom is -0.397 e. The monoisotopic (exact) mass is 316 g/mol. The zero-order chi connectivity index (χ0) is 14.0. The smallest absolute Gasteiger partial charge is 0.258 e. The van der Waals surface area contributed by atoms with E-state index < -0.39 is 5.91 Å². The van der Waals surface area contributed by atoms with Gasteiger partial charge >= 0.3 is 0 Å². The van der Waals surface area contributed by atoms with Gasteiger partial charge in [0.1, 0.15) is 5.15 Å². The van der Waals surface area contributed by atoms with Crippen molar-refractivity contribution >= 4 is 52.3 Å². The summed E-state index contributed by atoms with van der Waals surface area (Å²) in [6.45, 7) is 0. The molecule has 1 amide bonds. The molecular formula is C11H7Cl3N4O. The van der Waals surface area contributed by atoms with Gasteiger partial charge in [-0.3, -0.25) is 10.1 Å². The molecule has 98 valence electrons. The fraction of sp³-hybridized carbons (Fsp3) is 0. The number of hydrogen-bond donors (Lipinski definition) is 2. The zero-order valence-corrected chi connectivity index (χ0v) is 11.6. The van der Waals surface area contributed by atoms with Crippen LogP contribution in [0.2, 0.25) is 15.2 Å². The van der Waals surface area contributed by atoms with Gasteiger partial charge in [-0.25, -0.2) is 9.97 Å². The SMILES string of the molecule is Nc1cc(C(=O)Nc2nccc(Cl)n2)cc(Cl)c1Cl. The number of nitrogens with two attached hydrogens (primary N) is 1. The van der Waals surface area contributed by atoms with Gasteiger partial charge in [-0.2, -0.15) is 0 Å². The van der Waals surface area contributed by atoms with E-state index in [1.165, 1.54) is 24.4 Å². The van der Waals surface area contributed by atoms with Crippen LogP contribution in [0, 0.1) is 0 Å². The third-order valence-electron chi connectivity index (χ3n) is 2.17. The molecule has 1 aromatic carbocycles. The molecule has 2 aromatic rings. The number of aromatic nitrogens is 2. The van der Waals surface area contributed by atoms with E-state index in [1.54, 1.807) is 0 Å². The average molecular weight is 318 g/mol. The molecule has 1 heterocycles. The molecule has 0 atom stereocenters. The molecule has 0 unspecified atom stereocenters. The molecule has 19 heavy (non-hydrogen) atoms. The van der Waals surface area contributed by atoms with Gasteiger partial charge in [0.25, 0.3) is 5.91 Å². The molecule has 2 rings (SSSR count). The van der Waals surface area contributed by atoms with Gasteiger partial charge in [-0.15, -0.1) is 0 Å². The molecule has 0 radical (unpaired) electrons. The van der Waals surface area contributed by atoms with Crippen LogP contribution in [0.15, 0.2) is 24.4 Å². The minimum atomic E-state index is -0.465. The molecule has 3 N–H and O–H groups in total. The third-order valence-corrected chi connectivity index (χ3v) is 3.19. The Bertz CT molecular complexity index is 625. The number of nitrogens with one attached hydrogen (secondary N) is 1. The number of benzene rings is 1. The summed E-state index contributed by atoms with van der Waals surface area (Å²) in [5.41, 5.74) is 6.09. The van der Waals surface area contributed by atoms with E-state index in [9.17, 15) is 4.79 Å². The van der Waals surface area contributed by atoms with Crippen LogP contribution in [0.4, 0.5) is 11.6 Å². The number of nitrogen functional groups attached to an aromatic ring is 1. The first kappa shape index (κ1) is 13.9. The highest BCUT2D eigenvalue weighted by atomic mass is 35.5. The summed E-state index contributed by atoms with van der Waals surface area (Å²) in [6, 6.07) is 4.31. The van der Waals surface area contributed by atoms with E-state index in [-0.39, 0.29) is 32.4 Å². The van der Waals surface area contributed by atoms with Crippen molar-refractivity contribution in [2.24, 2.45) is 0 Å². The molecule has 1 aromatic heterocycles. The number of rotatable bonds is 2. The number of nitrogens with zero attached hydrogens (tertiary/aromatic N) is 2. The van der Waals surface area contributed by atoms with E-state index in [0.29, 0.717) is 0 Å². The van der Waals surface area contributed by atoms with E-state index in [1.807, 2.05) is 0 Å². The third kappa shape index (κ3) is 3.26. The lowest BCUT2D eigenvalue weighted by atomic mass is 10.2. The van der Waals surface area contributed by atoms with Gasteiger partial charge in [0.05, 0.1) is 15.7 Å². The van der Waals surface area contributed by atoms with Crippen LogP contribution in [0.1, 0.15) is 10.4 Å². The summed E-state index contributed by atoms with van der Waals surface area (Å²) in [5, 5.41) is 3.09. The second-order valence-corrected chi connectivity index (χ2v) is 4.69. The number of amides is 1. The second-order valence-electron chi connectivity index (χ2n) is 3.52. The van der Waals surface area contributed by atoms with Crippen LogP contribution in [0.3, 0.4) is 0 Å². The van der Waals surface area contributed by atoms with Gasteiger partial charge < -0.3 is 5.73 Å². The Morgan fingerprint density at radius 2 is 2.00 bits per heavy atom. The molecule has 0 saturated carbocycles. The highest BCUT2D eigenvalue weighted by molar-refractivity contribution is 6.44. The number of halogens is 3. The molecular weight excluding hydrogens is 311 g/mol. The maximum absolute atomic E-state index is 11.9. The Labute approximate surface area is 123 Å². The van der Waals surface area contributed by atoms with Crippen molar-refractivity contribution < 1.29 is 4.79 Å². The lowest BCUT2D eigenvalue weighted by Crippen LogP contribution is -2.14. The minimum absolute atomic E-state index is 0.0853. The van der Waals surface area contributed by atoms with Crippen LogP contribution in [0.5, 0.6) is 0 Å². The maximum atomic E-state index is 11.9. The molecule has 0 bridgehead atoms. The number of carbonyl (C=O) groups is 1. The topological polar surface area (TPSA) is 80.9 Å². The van der Waals surface area contributed by atoms with Crippen molar-refractivity contribution in [3.8, 4) is 0 Å². The van der Waals surface area contributed by atoms with Gasteiger partial charge in [-0.05, 0) is 18.2 Å². The number of carbonyl (C=O) groups excluding carboxylic acids is 1. The van der Waals surface area contributed by atoms with Gasteiger partial charge in [0, 0.05) is 11.8 Å². The Hall–Kier alpha value is -1.56. The molecule has 5 nitrogen and oxygen atoms in total. The Kier molecular flexibility index (Phi) is 4.09. The molecule has 8 heteroatoms. The number of hydrogen-bond acceptors (Lipinski definition) is 4. The summed E-state index contributed by atoms with van der Waals surface area (Å²) < 4.78 is 0. The Morgan fingerprint density at radius 3 is 2.63 bits per heavy atom. The summed E-state index contributed by atoms with van der Waals surface area (Å²) in [4.78, 5) is 19.6. The molecule has 0 saturated heterocycles. The largest absolute Gasteiger partial charge is 0.397 e.